The van der Waals surface area contributed by atoms with Crippen LogP contribution < -0.4 is 5.32 Å². The number of rotatable bonds is 6. The second-order valence-electron chi connectivity index (χ2n) is 4.39. The zero-order valence-electron chi connectivity index (χ0n) is 10.5. The molecule has 0 aliphatic carbocycles. The van der Waals surface area contributed by atoms with E-state index in [1.54, 1.807) is 0 Å². The number of nitrogens with one attached hydrogen (secondary N) is 1. The maximum Gasteiger partial charge on any atom is 0.123 e. The van der Waals surface area contributed by atoms with E-state index in [9.17, 15) is 9.50 Å². The quantitative estimate of drug-likeness (QED) is 0.821. The molecule has 17 heavy (non-hydrogen) atoms. The van der Waals surface area contributed by atoms with Crippen LogP contribution in [0.25, 0.3) is 0 Å². The first-order valence-corrected chi connectivity index (χ1v) is 7.14. The highest BCUT2D eigenvalue weighted by Gasteiger charge is 2.12. The largest absolute Gasteiger partial charge is 0.508 e. The summed E-state index contributed by atoms with van der Waals surface area (Å²) >= 11 is 1.81. The molecule has 0 heterocycles. The minimum Gasteiger partial charge on any atom is -0.508 e. The summed E-state index contributed by atoms with van der Waals surface area (Å²) in [6.45, 7) is 4.96. The van der Waals surface area contributed by atoms with Crippen molar-refractivity contribution in [3.05, 3.63) is 29.6 Å². The third-order valence-electron chi connectivity index (χ3n) is 2.68. The van der Waals surface area contributed by atoms with E-state index in [1.807, 2.05) is 18.7 Å². The van der Waals surface area contributed by atoms with Crippen molar-refractivity contribution in [3.8, 4) is 5.75 Å². The normalized spacial score (nSPS) is 14.6. The molecule has 0 aliphatic rings. The predicted molar refractivity (Wildman–Crippen MR) is 72.0 cm³/mol. The number of aromatic hydroxyl groups is 1. The van der Waals surface area contributed by atoms with Crippen LogP contribution in [0.5, 0.6) is 5.75 Å². The van der Waals surface area contributed by atoms with Crippen molar-refractivity contribution in [2.45, 2.75) is 19.9 Å². The highest BCUT2D eigenvalue weighted by molar-refractivity contribution is 7.98. The number of halogens is 1. The van der Waals surface area contributed by atoms with E-state index >= 15 is 0 Å². The molecule has 0 aliphatic heterocycles. The van der Waals surface area contributed by atoms with Gasteiger partial charge in [-0.05, 0) is 49.6 Å². The second-order valence-corrected chi connectivity index (χ2v) is 5.30. The Morgan fingerprint density at radius 3 is 2.76 bits per heavy atom. The number of benzene rings is 1. The van der Waals surface area contributed by atoms with Crippen molar-refractivity contribution in [2.75, 3.05) is 18.6 Å². The Morgan fingerprint density at radius 1 is 1.41 bits per heavy atom. The molecule has 2 nitrogen and oxygen atoms in total. The van der Waals surface area contributed by atoms with Gasteiger partial charge in [-0.1, -0.05) is 6.92 Å². The van der Waals surface area contributed by atoms with E-state index in [0.29, 0.717) is 11.5 Å². The van der Waals surface area contributed by atoms with Crippen LogP contribution >= 0.6 is 11.8 Å². The van der Waals surface area contributed by atoms with Crippen LogP contribution in [-0.2, 0) is 0 Å². The van der Waals surface area contributed by atoms with Gasteiger partial charge in [0.25, 0.3) is 0 Å². The molecule has 0 amide bonds. The van der Waals surface area contributed by atoms with Crippen LogP contribution in [-0.4, -0.2) is 23.7 Å². The van der Waals surface area contributed by atoms with Crippen molar-refractivity contribution in [2.24, 2.45) is 5.92 Å². The Balaban J connectivity index is 2.57. The molecule has 0 radical (unpaired) electrons. The Morgan fingerprint density at radius 2 is 2.12 bits per heavy atom. The summed E-state index contributed by atoms with van der Waals surface area (Å²) in [6.07, 6.45) is 2.08. The molecule has 0 fully saturated rings. The molecule has 2 atom stereocenters. The summed E-state index contributed by atoms with van der Waals surface area (Å²) in [6, 6.07) is 4.00. The van der Waals surface area contributed by atoms with Crippen molar-refractivity contribution in [1.29, 1.82) is 0 Å². The zero-order valence-corrected chi connectivity index (χ0v) is 11.4. The molecular formula is C13H20FNOS. The maximum atomic E-state index is 13.1. The van der Waals surface area contributed by atoms with Crippen molar-refractivity contribution in [3.63, 3.8) is 0 Å². The van der Waals surface area contributed by atoms with Gasteiger partial charge in [0.05, 0.1) is 0 Å². The predicted octanol–water partition coefficient (Wildman–Crippen LogP) is 3.18. The fraction of sp³-hybridized carbons (Fsp3) is 0.538. The minimum absolute atomic E-state index is 0.0463. The van der Waals surface area contributed by atoms with E-state index in [0.717, 1.165) is 12.3 Å². The van der Waals surface area contributed by atoms with Gasteiger partial charge in [0, 0.05) is 11.6 Å². The van der Waals surface area contributed by atoms with E-state index in [2.05, 4.69) is 18.5 Å². The van der Waals surface area contributed by atoms with Crippen molar-refractivity contribution in [1.82, 2.24) is 5.32 Å². The summed E-state index contributed by atoms with van der Waals surface area (Å²) in [7, 11) is 0. The summed E-state index contributed by atoms with van der Waals surface area (Å²) in [5.41, 5.74) is 0.612. The van der Waals surface area contributed by atoms with Crippen molar-refractivity contribution >= 4 is 11.8 Å². The number of hydrogen-bond donors (Lipinski definition) is 2. The van der Waals surface area contributed by atoms with E-state index in [-0.39, 0.29) is 17.6 Å². The first-order chi connectivity index (χ1) is 8.04. The molecule has 2 unspecified atom stereocenters. The van der Waals surface area contributed by atoms with Gasteiger partial charge in [-0.3, -0.25) is 0 Å². The third kappa shape index (κ3) is 4.56. The average Bonchev–Trinajstić information content (AvgIpc) is 2.29. The Labute approximate surface area is 107 Å². The first-order valence-electron chi connectivity index (χ1n) is 5.75. The zero-order chi connectivity index (χ0) is 12.8. The lowest BCUT2D eigenvalue weighted by atomic mass is 10.1. The lowest BCUT2D eigenvalue weighted by Gasteiger charge is -2.18. The molecule has 0 spiro atoms. The molecule has 0 saturated heterocycles. The highest BCUT2D eigenvalue weighted by Crippen LogP contribution is 2.24. The van der Waals surface area contributed by atoms with E-state index in [1.165, 1.54) is 18.2 Å². The van der Waals surface area contributed by atoms with Gasteiger partial charge in [-0.2, -0.15) is 11.8 Å². The van der Waals surface area contributed by atoms with Crippen molar-refractivity contribution < 1.29 is 9.50 Å². The maximum absolute atomic E-state index is 13.1. The van der Waals surface area contributed by atoms with Crippen LogP contribution in [0.3, 0.4) is 0 Å². The number of hydrogen-bond acceptors (Lipinski definition) is 3. The van der Waals surface area contributed by atoms with Crippen LogP contribution in [0.2, 0.25) is 0 Å². The molecule has 0 aromatic heterocycles. The summed E-state index contributed by atoms with van der Waals surface area (Å²) in [5, 5.41) is 13.0. The Bertz CT molecular complexity index is 359. The monoisotopic (exact) mass is 257 g/mol. The van der Waals surface area contributed by atoms with Gasteiger partial charge in [0.15, 0.2) is 0 Å². The molecule has 4 heteroatoms. The van der Waals surface area contributed by atoms with Crippen LogP contribution in [0, 0.1) is 11.7 Å². The summed E-state index contributed by atoms with van der Waals surface area (Å²) in [4.78, 5) is 0. The minimum atomic E-state index is -0.316. The second kappa shape index (κ2) is 6.87. The van der Waals surface area contributed by atoms with E-state index < -0.39 is 0 Å². The van der Waals surface area contributed by atoms with Gasteiger partial charge in [-0.25, -0.2) is 4.39 Å². The lowest BCUT2D eigenvalue weighted by Crippen LogP contribution is -2.25. The SMILES string of the molecule is CSCC(C)CNC(C)c1cc(F)ccc1O. The fourth-order valence-corrected chi connectivity index (χ4v) is 2.39. The van der Waals surface area contributed by atoms with Crippen LogP contribution in [0.4, 0.5) is 4.39 Å². The third-order valence-corrected chi connectivity index (χ3v) is 3.58. The Hall–Kier alpha value is -0.740. The Kier molecular flexibility index (Phi) is 5.78. The van der Waals surface area contributed by atoms with Crippen LogP contribution in [0.15, 0.2) is 18.2 Å². The van der Waals surface area contributed by atoms with Gasteiger partial charge >= 0.3 is 0 Å². The topological polar surface area (TPSA) is 32.3 Å². The number of phenolic OH excluding ortho intramolecular Hbond substituents is 1. The summed E-state index contributed by atoms with van der Waals surface area (Å²) in [5.74, 6) is 1.48. The van der Waals surface area contributed by atoms with Gasteiger partial charge in [0.1, 0.15) is 11.6 Å². The molecule has 0 saturated carbocycles. The molecule has 1 aromatic carbocycles. The molecule has 2 N–H and O–H groups in total. The standard InChI is InChI=1S/C13H20FNOS/c1-9(8-17-3)7-15-10(2)12-6-11(14)4-5-13(12)16/h4-6,9-10,15-16H,7-8H2,1-3H3. The molecule has 1 rings (SSSR count). The van der Waals surface area contributed by atoms with Gasteiger partial charge < -0.3 is 10.4 Å². The molecule has 96 valence electrons. The van der Waals surface area contributed by atoms with Gasteiger partial charge in [-0.15, -0.1) is 0 Å². The molecular weight excluding hydrogens is 237 g/mol. The van der Waals surface area contributed by atoms with Crippen LogP contribution in [0.1, 0.15) is 25.5 Å². The lowest BCUT2D eigenvalue weighted by molar-refractivity contribution is 0.440. The first kappa shape index (κ1) is 14.3. The fourth-order valence-electron chi connectivity index (χ4n) is 1.70. The van der Waals surface area contributed by atoms with Gasteiger partial charge in [0.2, 0.25) is 0 Å². The number of phenols is 1. The molecule has 1 aromatic rings. The van der Waals surface area contributed by atoms with E-state index in [4.69, 9.17) is 0 Å². The molecule has 0 bridgehead atoms. The average molecular weight is 257 g/mol. The summed E-state index contributed by atoms with van der Waals surface area (Å²) < 4.78 is 13.1. The smallest absolute Gasteiger partial charge is 0.123 e. The number of thioether (sulfide) groups is 1. The highest BCUT2D eigenvalue weighted by atomic mass is 32.2.